The van der Waals surface area contributed by atoms with Gasteiger partial charge in [0.2, 0.25) is 11.7 Å². The molecule has 2 atom stereocenters. The lowest BCUT2D eigenvalue weighted by molar-refractivity contribution is -0.137. The summed E-state index contributed by atoms with van der Waals surface area (Å²) in [6.07, 6.45) is -4.49. The highest BCUT2D eigenvalue weighted by Gasteiger charge is 2.43. The van der Waals surface area contributed by atoms with Crippen molar-refractivity contribution in [1.29, 1.82) is 0 Å². The third-order valence-electron chi connectivity index (χ3n) is 6.26. The van der Waals surface area contributed by atoms with Crippen LogP contribution in [0.4, 0.5) is 13.2 Å². The van der Waals surface area contributed by atoms with Crippen molar-refractivity contribution in [1.82, 2.24) is 10.2 Å². The third kappa shape index (κ3) is 6.08. The number of amides is 2. The minimum atomic E-state index is -4.49. The zero-order chi connectivity index (χ0) is 28.2. The van der Waals surface area contributed by atoms with Crippen molar-refractivity contribution < 1.29 is 37.0 Å². The highest BCUT2D eigenvalue weighted by Crippen LogP contribution is 2.44. The Hall–Kier alpha value is -3.86. The highest BCUT2D eigenvalue weighted by atomic mass is 32.2. The van der Waals surface area contributed by atoms with Crippen molar-refractivity contribution >= 4 is 23.6 Å². The molecule has 1 N–H and O–H groups in total. The molecule has 1 fully saturated rings. The lowest BCUT2D eigenvalue weighted by Crippen LogP contribution is -2.47. The predicted molar refractivity (Wildman–Crippen MR) is 141 cm³/mol. The Labute approximate surface area is 228 Å². The van der Waals surface area contributed by atoms with E-state index in [4.69, 9.17) is 14.2 Å². The van der Waals surface area contributed by atoms with Crippen LogP contribution >= 0.6 is 11.8 Å². The first-order valence-electron chi connectivity index (χ1n) is 11.9. The normalized spacial score (nSPS) is 17.0. The lowest BCUT2D eigenvalue weighted by Gasteiger charge is -2.29. The van der Waals surface area contributed by atoms with Crippen LogP contribution in [-0.2, 0) is 17.5 Å². The summed E-state index contributed by atoms with van der Waals surface area (Å²) in [5.74, 6) is 0.279. The van der Waals surface area contributed by atoms with E-state index in [0.717, 1.165) is 17.7 Å². The molecule has 3 aromatic rings. The maximum atomic E-state index is 14.0. The fourth-order valence-electron chi connectivity index (χ4n) is 4.35. The Morgan fingerprint density at radius 3 is 2.21 bits per heavy atom. The summed E-state index contributed by atoms with van der Waals surface area (Å²) in [6, 6.07) is 16.2. The molecule has 1 aliphatic heterocycles. The van der Waals surface area contributed by atoms with Gasteiger partial charge < -0.3 is 24.4 Å². The van der Waals surface area contributed by atoms with Gasteiger partial charge >= 0.3 is 6.18 Å². The Morgan fingerprint density at radius 1 is 0.949 bits per heavy atom. The number of nitrogens with one attached hydrogen (secondary N) is 1. The summed E-state index contributed by atoms with van der Waals surface area (Å²) < 4.78 is 55.5. The van der Waals surface area contributed by atoms with Gasteiger partial charge in [0.25, 0.3) is 5.91 Å². The fraction of sp³-hybridized carbons (Fsp3) is 0.286. The summed E-state index contributed by atoms with van der Waals surface area (Å²) in [7, 11) is 4.33. The topological polar surface area (TPSA) is 77.1 Å². The van der Waals surface area contributed by atoms with Gasteiger partial charge in [0.1, 0.15) is 11.4 Å². The number of methoxy groups -OCH3 is 3. The van der Waals surface area contributed by atoms with E-state index in [1.165, 1.54) is 62.3 Å². The van der Waals surface area contributed by atoms with E-state index in [2.05, 4.69) is 5.32 Å². The van der Waals surface area contributed by atoms with E-state index < -0.39 is 35.0 Å². The van der Waals surface area contributed by atoms with Crippen LogP contribution in [0.15, 0.2) is 66.7 Å². The van der Waals surface area contributed by atoms with Crippen LogP contribution in [0.3, 0.4) is 0 Å². The number of carbonyl (C=O) groups excluding carboxylic acids is 2. The van der Waals surface area contributed by atoms with Crippen LogP contribution in [0.5, 0.6) is 17.2 Å². The number of ether oxygens (including phenoxy) is 3. The molecule has 11 heteroatoms. The molecule has 1 saturated heterocycles. The molecule has 0 spiro atoms. The first-order valence-corrected chi connectivity index (χ1v) is 13.0. The molecule has 0 saturated carbocycles. The van der Waals surface area contributed by atoms with Crippen LogP contribution in [0.2, 0.25) is 0 Å². The average Bonchev–Trinajstić information content (AvgIpc) is 3.40. The lowest BCUT2D eigenvalue weighted by atomic mass is 10.1. The van der Waals surface area contributed by atoms with Gasteiger partial charge in [-0.3, -0.25) is 9.59 Å². The molecule has 0 aliphatic carbocycles. The standard InChI is InChI=1S/C28H27F3N2O5S/c1-36-22-13-19(14-23(37-2)24(22)38-3)26(35)33-21(16-39-27(33)18-9-5-4-6-10-18)25(34)32-15-17-8-7-11-20(12-17)28(29,30)31/h4-14,21,27H,15-16H2,1-3H3,(H,32,34). The van der Waals surface area contributed by atoms with Gasteiger partial charge in [0.05, 0.1) is 26.9 Å². The van der Waals surface area contributed by atoms with Crippen molar-refractivity contribution in [3.63, 3.8) is 0 Å². The van der Waals surface area contributed by atoms with Crippen molar-refractivity contribution in [3.8, 4) is 17.2 Å². The molecule has 0 aromatic heterocycles. The summed E-state index contributed by atoms with van der Waals surface area (Å²) >= 11 is 1.43. The second-order valence-electron chi connectivity index (χ2n) is 8.65. The van der Waals surface area contributed by atoms with Crippen LogP contribution in [-0.4, -0.2) is 49.8 Å². The van der Waals surface area contributed by atoms with Crippen LogP contribution in [0.1, 0.15) is 32.4 Å². The summed E-state index contributed by atoms with van der Waals surface area (Å²) in [4.78, 5) is 28.8. The van der Waals surface area contributed by atoms with Gasteiger partial charge in [0.15, 0.2) is 11.5 Å². The van der Waals surface area contributed by atoms with Gasteiger partial charge in [-0.25, -0.2) is 0 Å². The number of alkyl halides is 3. The van der Waals surface area contributed by atoms with E-state index in [0.29, 0.717) is 17.1 Å². The molecule has 2 amide bonds. The van der Waals surface area contributed by atoms with E-state index >= 15 is 0 Å². The molecule has 0 bridgehead atoms. The average molecular weight is 561 g/mol. The molecular formula is C28H27F3N2O5S. The number of carbonyl (C=O) groups is 2. The zero-order valence-corrected chi connectivity index (χ0v) is 22.3. The number of halogens is 3. The minimum absolute atomic E-state index is 0.119. The first kappa shape index (κ1) is 28.2. The second-order valence-corrected chi connectivity index (χ2v) is 9.77. The maximum absolute atomic E-state index is 14.0. The van der Waals surface area contributed by atoms with E-state index in [9.17, 15) is 22.8 Å². The van der Waals surface area contributed by atoms with Crippen molar-refractivity contribution in [2.45, 2.75) is 24.1 Å². The quantitative estimate of drug-likeness (QED) is 0.403. The van der Waals surface area contributed by atoms with E-state index in [1.807, 2.05) is 30.3 Å². The maximum Gasteiger partial charge on any atom is 0.416 e. The summed E-state index contributed by atoms with van der Waals surface area (Å²) in [6.45, 7) is -0.119. The Bertz CT molecular complexity index is 1310. The van der Waals surface area contributed by atoms with Crippen molar-refractivity contribution in [3.05, 3.63) is 89.0 Å². The van der Waals surface area contributed by atoms with Crippen LogP contribution in [0, 0.1) is 0 Å². The predicted octanol–water partition coefficient (Wildman–Crippen LogP) is 5.30. The molecule has 0 radical (unpaired) electrons. The SMILES string of the molecule is COc1cc(C(=O)N2C(C(=O)NCc3cccc(C(F)(F)F)c3)CSC2c2ccccc2)cc(OC)c1OC. The van der Waals surface area contributed by atoms with E-state index in [1.54, 1.807) is 0 Å². The minimum Gasteiger partial charge on any atom is -0.493 e. The molecule has 4 rings (SSSR count). The molecule has 7 nitrogen and oxygen atoms in total. The molecule has 2 unspecified atom stereocenters. The number of rotatable bonds is 8. The molecular weight excluding hydrogens is 533 g/mol. The molecule has 1 aliphatic rings. The molecule has 39 heavy (non-hydrogen) atoms. The van der Waals surface area contributed by atoms with Crippen LogP contribution < -0.4 is 19.5 Å². The highest BCUT2D eigenvalue weighted by molar-refractivity contribution is 7.99. The fourth-order valence-corrected chi connectivity index (χ4v) is 5.78. The second kappa shape index (κ2) is 11.9. The molecule has 3 aromatic carbocycles. The monoisotopic (exact) mass is 560 g/mol. The molecule has 1 heterocycles. The first-order chi connectivity index (χ1) is 18.7. The summed E-state index contributed by atoms with van der Waals surface area (Å²) in [5.41, 5.74) is 0.556. The number of benzene rings is 3. The van der Waals surface area contributed by atoms with Crippen molar-refractivity contribution in [2.75, 3.05) is 27.1 Å². The van der Waals surface area contributed by atoms with Crippen LogP contribution in [0.25, 0.3) is 0 Å². The number of hydrogen-bond donors (Lipinski definition) is 1. The summed E-state index contributed by atoms with van der Waals surface area (Å²) in [5, 5.41) is 2.24. The van der Waals surface area contributed by atoms with Gasteiger partial charge in [0, 0.05) is 17.9 Å². The van der Waals surface area contributed by atoms with Gasteiger partial charge in [-0.15, -0.1) is 11.8 Å². The molecule has 206 valence electrons. The Balaban J connectivity index is 1.64. The van der Waals surface area contributed by atoms with Gasteiger partial charge in [-0.05, 0) is 35.4 Å². The Kier molecular flexibility index (Phi) is 8.59. The number of nitrogens with zero attached hydrogens (tertiary/aromatic N) is 1. The van der Waals surface area contributed by atoms with E-state index in [-0.39, 0.29) is 23.6 Å². The van der Waals surface area contributed by atoms with Gasteiger partial charge in [-0.2, -0.15) is 13.2 Å². The smallest absolute Gasteiger partial charge is 0.416 e. The number of hydrogen-bond acceptors (Lipinski definition) is 6. The van der Waals surface area contributed by atoms with Crippen molar-refractivity contribution in [2.24, 2.45) is 0 Å². The zero-order valence-electron chi connectivity index (χ0n) is 21.5. The number of thioether (sulfide) groups is 1. The Morgan fingerprint density at radius 2 is 1.62 bits per heavy atom. The largest absolute Gasteiger partial charge is 0.493 e. The van der Waals surface area contributed by atoms with Gasteiger partial charge in [-0.1, -0.05) is 42.5 Å². The third-order valence-corrected chi connectivity index (χ3v) is 7.58.